The second kappa shape index (κ2) is 9.99. The number of aromatic nitrogens is 2. The number of anilines is 1. The zero-order chi connectivity index (χ0) is 22.2. The molecule has 2 amide bonds. The van der Waals surface area contributed by atoms with Crippen LogP contribution in [0.3, 0.4) is 0 Å². The van der Waals surface area contributed by atoms with Gasteiger partial charge in [-0.2, -0.15) is 0 Å². The van der Waals surface area contributed by atoms with E-state index in [1.807, 2.05) is 42.5 Å². The monoisotopic (exact) mass is 424 g/mol. The lowest BCUT2D eigenvalue weighted by molar-refractivity contribution is -0.115. The first-order valence-electron chi connectivity index (χ1n) is 9.96. The van der Waals surface area contributed by atoms with Gasteiger partial charge in [0.1, 0.15) is 5.75 Å². The minimum absolute atomic E-state index is 0.143. The van der Waals surface area contributed by atoms with Crippen molar-refractivity contribution in [2.24, 2.45) is 0 Å². The molecule has 1 aromatic heterocycles. The van der Waals surface area contributed by atoms with Crippen molar-refractivity contribution in [3.63, 3.8) is 0 Å². The van der Waals surface area contributed by atoms with Crippen LogP contribution in [0.15, 0.2) is 97.3 Å². The van der Waals surface area contributed by atoms with Crippen LogP contribution >= 0.6 is 0 Å². The van der Waals surface area contributed by atoms with E-state index in [1.165, 1.54) is 0 Å². The number of nitrogens with zero attached hydrogens (tertiary/aromatic N) is 2. The molecular weight excluding hydrogens is 404 g/mol. The smallest absolute Gasteiger partial charge is 0.321 e. The second-order valence-electron chi connectivity index (χ2n) is 6.83. The summed E-state index contributed by atoms with van der Waals surface area (Å²) in [7, 11) is 0. The lowest BCUT2D eigenvalue weighted by atomic mass is 10.0. The maximum atomic E-state index is 12.3. The normalized spacial score (nSPS) is 10.2. The molecule has 3 aromatic carbocycles. The van der Waals surface area contributed by atoms with Crippen LogP contribution in [0, 0.1) is 0 Å². The molecule has 2 N–H and O–H groups in total. The Morgan fingerprint density at radius 2 is 1.41 bits per heavy atom. The Labute approximate surface area is 185 Å². The molecule has 0 bridgehead atoms. The van der Waals surface area contributed by atoms with E-state index in [0.29, 0.717) is 17.0 Å². The first-order valence-corrected chi connectivity index (χ1v) is 9.96. The van der Waals surface area contributed by atoms with E-state index in [9.17, 15) is 9.59 Å². The van der Waals surface area contributed by atoms with Crippen molar-refractivity contribution in [1.82, 2.24) is 15.3 Å². The van der Waals surface area contributed by atoms with Crippen molar-refractivity contribution in [3.05, 3.63) is 103 Å². The molecule has 7 heteroatoms. The van der Waals surface area contributed by atoms with Gasteiger partial charge in [-0.3, -0.25) is 9.59 Å². The number of nitrogens with one attached hydrogen (secondary N) is 2. The van der Waals surface area contributed by atoms with Gasteiger partial charge in [0.25, 0.3) is 5.91 Å². The molecule has 0 aliphatic heterocycles. The first kappa shape index (κ1) is 20.7. The largest absolute Gasteiger partial charge is 0.424 e. The minimum Gasteiger partial charge on any atom is -0.424 e. The van der Waals surface area contributed by atoms with Gasteiger partial charge in [0.05, 0.1) is 6.54 Å². The highest BCUT2D eigenvalue weighted by Crippen LogP contribution is 2.20. The number of rotatable bonds is 7. The molecule has 0 saturated carbocycles. The number of carbonyl (C=O) groups excluding carboxylic acids is 2. The average molecular weight is 424 g/mol. The minimum atomic E-state index is -0.334. The standard InChI is InChI=1S/C25H20N4O3/c30-23(29-21-11-13-22(14-12-21)32-25-26-15-4-16-27-25)17-28-24(31)20-9-7-19(8-10-20)18-5-2-1-3-6-18/h1-16H,17H2,(H,28,31)(H,29,30). The third-order valence-electron chi connectivity index (χ3n) is 4.55. The number of ether oxygens (including phenoxy) is 1. The van der Waals surface area contributed by atoms with E-state index in [4.69, 9.17) is 4.74 Å². The van der Waals surface area contributed by atoms with E-state index in [-0.39, 0.29) is 24.4 Å². The molecule has 0 unspecified atom stereocenters. The molecule has 158 valence electrons. The molecule has 4 aromatic rings. The van der Waals surface area contributed by atoms with Crippen LogP contribution in [0.5, 0.6) is 11.8 Å². The summed E-state index contributed by atoms with van der Waals surface area (Å²) < 4.78 is 5.51. The quantitative estimate of drug-likeness (QED) is 0.461. The topological polar surface area (TPSA) is 93.2 Å². The fraction of sp³-hybridized carbons (Fsp3) is 0.0400. The second-order valence-corrected chi connectivity index (χ2v) is 6.83. The number of amides is 2. The van der Waals surface area contributed by atoms with Gasteiger partial charge in [0.15, 0.2) is 0 Å². The summed E-state index contributed by atoms with van der Waals surface area (Å²) in [6.07, 6.45) is 3.17. The molecule has 0 spiro atoms. The van der Waals surface area contributed by atoms with Crippen LogP contribution in [-0.4, -0.2) is 28.3 Å². The molecule has 4 rings (SSSR count). The maximum Gasteiger partial charge on any atom is 0.321 e. The summed E-state index contributed by atoms with van der Waals surface area (Å²) in [5, 5.41) is 5.36. The SMILES string of the molecule is O=C(CNC(=O)c1ccc(-c2ccccc2)cc1)Nc1ccc(Oc2ncccn2)cc1. The first-order chi connectivity index (χ1) is 15.7. The summed E-state index contributed by atoms with van der Waals surface area (Å²) in [4.78, 5) is 32.5. The molecule has 0 saturated heterocycles. The van der Waals surface area contributed by atoms with Gasteiger partial charge in [0, 0.05) is 23.6 Å². The molecule has 0 radical (unpaired) electrons. The third-order valence-corrected chi connectivity index (χ3v) is 4.55. The van der Waals surface area contributed by atoms with E-state index < -0.39 is 0 Å². The highest BCUT2D eigenvalue weighted by molar-refractivity contribution is 5.99. The van der Waals surface area contributed by atoms with Crippen molar-refractivity contribution in [2.75, 3.05) is 11.9 Å². The number of hydrogen-bond acceptors (Lipinski definition) is 5. The van der Waals surface area contributed by atoms with Gasteiger partial charge in [0.2, 0.25) is 5.91 Å². The fourth-order valence-electron chi connectivity index (χ4n) is 2.96. The predicted molar refractivity (Wildman–Crippen MR) is 121 cm³/mol. The Kier molecular flexibility index (Phi) is 6.48. The lowest BCUT2D eigenvalue weighted by Gasteiger charge is -2.09. The fourth-order valence-corrected chi connectivity index (χ4v) is 2.96. The molecule has 1 heterocycles. The van der Waals surface area contributed by atoms with Gasteiger partial charge >= 0.3 is 6.01 Å². The van der Waals surface area contributed by atoms with E-state index in [1.54, 1.807) is 54.9 Å². The Morgan fingerprint density at radius 1 is 0.750 bits per heavy atom. The highest BCUT2D eigenvalue weighted by Gasteiger charge is 2.09. The van der Waals surface area contributed by atoms with Crippen LogP contribution in [0.25, 0.3) is 11.1 Å². The Hall–Kier alpha value is -4.52. The third kappa shape index (κ3) is 5.54. The molecule has 32 heavy (non-hydrogen) atoms. The van der Waals surface area contributed by atoms with Crippen molar-refractivity contribution in [2.45, 2.75) is 0 Å². The Balaban J connectivity index is 1.27. The van der Waals surface area contributed by atoms with Crippen LogP contribution < -0.4 is 15.4 Å². The summed E-state index contributed by atoms with van der Waals surface area (Å²) >= 11 is 0. The van der Waals surface area contributed by atoms with Crippen LogP contribution in [-0.2, 0) is 4.79 Å². The molecule has 0 aliphatic carbocycles. The van der Waals surface area contributed by atoms with Gasteiger partial charge in [-0.1, -0.05) is 42.5 Å². The number of benzene rings is 3. The molecular formula is C25H20N4O3. The molecule has 0 fully saturated rings. The molecule has 0 atom stereocenters. The average Bonchev–Trinajstić information content (AvgIpc) is 2.85. The van der Waals surface area contributed by atoms with Gasteiger partial charge in [-0.15, -0.1) is 0 Å². The van der Waals surface area contributed by atoms with Crippen molar-refractivity contribution >= 4 is 17.5 Å². The zero-order valence-electron chi connectivity index (χ0n) is 17.1. The van der Waals surface area contributed by atoms with Crippen molar-refractivity contribution in [3.8, 4) is 22.9 Å². The maximum absolute atomic E-state index is 12.3. The van der Waals surface area contributed by atoms with Crippen molar-refractivity contribution < 1.29 is 14.3 Å². The van der Waals surface area contributed by atoms with Crippen LogP contribution in [0.2, 0.25) is 0 Å². The van der Waals surface area contributed by atoms with Gasteiger partial charge in [-0.25, -0.2) is 9.97 Å². The summed E-state index contributed by atoms with van der Waals surface area (Å²) in [5.41, 5.74) is 3.16. The summed E-state index contributed by atoms with van der Waals surface area (Å²) in [6.45, 7) is -0.143. The van der Waals surface area contributed by atoms with E-state index in [2.05, 4.69) is 20.6 Å². The molecule has 0 aliphatic rings. The lowest BCUT2D eigenvalue weighted by Crippen LogP contribution is -2.32. The summed E-state index contributed by atoms with van der Waals surface area (Å²) in [6, 6.07) is 25.9. The zero-order valence-corrected chi connectivity index (χ0v) is 17.1. The van der Waals surface area contributed by atoms with E-state index in [0.717, 1.165) is 11.1 Å². The highest BCUT2D eigenvalue weighted by atomic mass is 16.5. The van der Waals surface area contributed by atoms with Crippen LogP contribution in [0.4, 0.5) is 5.69 Å². The van der Waals surface area contributed by atoms with E-state index >= 15 is 0 Å². The number of carbonyl (C=O) groups is 2. The van der Waals surface area contributed by atoms with Crippen LogP contribution in [0.1, 0.15) is 10.4 Å². The summed E-state index contributed by atoms with van der Waals surface area (Å²) in [5.74, 6) is -0.105. The van der Waals surface area contributed by atoms with Gasteiger partial charge in [-0.05, 0) is 53.6 Å². The Bertz CT molecular complexity index is 1180. The predicted octanol–water partition coefficient (Wildman–Crippen LogP) is 4.30. The van der Waals surface area contributed by atoms with Gasteiger partial charge < -0.3 is 15.4 Å². The Morgan fingerprint density at radius 3 is 2.09 bits per heavy atom. The van der Waals surface area contributed by atoms with Crippen molar-refractivity contribution in [1.29, 1.82) is 0 Å². The number of hydrogen-bond donors (Lipinski definition) is 2. The molecule has 7 nitrogen and oxygen atoms in total.